The van der Waals surface area contributed by atoms with Crippen LogP contribution in [0.3, 0.4) is 0 Å². The molecule has 1 aromatic carbocycles. The molecule has 1 aliphatic heterocycles. The maximum absolute atomic E-state index is 12.3. The van der Waals surface area contributed by atoms with Crippen molar-refractivity contribution in [1.82, 2.24) is 20.1 Å². The number of aromatic nitrogens is 3. The van der Waals surface area contributed by atoms with Crippen LogP contribution in [0, 0.1) is 0 Å². The van der Waals surface area contributed by atoms with Crippen molar-refractivity contribution >= 4 is 0 Å². The first-order valence-corrected chi connectivity index (χ1v) is 8.12. The number of nitrogens with zero attached hydrogens (tertiary/aromatic N) is 3. The Kier molecular flexibility index (Phi) is 4.07. The Morgan fingerprint density at radius 2 is 2.12 bits per heavy atom. The van der Waals surface area contributed by atoms with Gasteiger partial charge in [-0.25, -0.2) is 0 Å². The first-order chi connectivity index (χ1) is 12.2. The molecule has 3 aromatic rings. The monoisotopic (exact) mass is 338 g/mol. The van der Waals surface area contributed by atoms with E-state index in [2.05, 4.69) is 32.2 Å². The van der Waals surface area contributed by atoms with Gasteiger partial charge in [0.2, 0.25) is 0 Å². The minimum Gasteiger partial charge on any atom is -0.452 e. The Bertz CT molecular complexity index is 933. The summed E-state index contributed by atoms with van der Waals surface area (Å²) in [7, 11) is 1.44. The third-order valence-corrected chi connectivity index (χ3v) is 4.35. The number of pyridine rings is 1. The van der Waals surface area contributed by atoms with Crippen LogP contribution in [-0.4, -0.2) is 33.7 Å². The van der Waals surface area contributed by atoms with Crippen molar-refractivity contribution in [2.75, 3.05) is 13.7 Å². The molecule has 128 valence electrons. The Morgan fingerprint density at radius 3 is 2.88 bits per heavy atom. The number of H-pyrrole nitrogens is 1. The molecule has 7 nitrogen and oxygen atoms in total. The van der Waals surface area contributed by atoms with Crippen molar-refractivity contribution in [2.24, 2.45) is 0 Å². The van der Waals surface area contributed by atoms with Crippen LogP contribution in [0.25, 0.3) is 11.5 Å². The van der Waals surface area contributed by atoms with Crippen molar-refractivity contribution in [3.05, 3.63) is 63.6 Å². The van der Waals surface area contributed by atoms with Crippen molar-refractivity contribution < 1.29 is 9.15 Å². The van der Waals surface area contributed by atoms with Crippen molar-refractivity contribution in [3.63, 3.8) is 0 Å². The number of benzene rings is 1. The predicted octanol–water partition coefficient (Wildman–Crippen LogP) is 1.99. The number of rotatable bonds is 4. The molecule has 4 rings (SSSR count). The third kappa shape index (κ3) is 3.18. The molecule has 0 fully saturated rings. The second kappa shape index (κ2) is 6.52. The van der Waals surface area contributed by atoms with Crippen molar-refractivity contribution in [2.45, 2.75) is 19.5 Å². The van der Waals surface area contributed by atoms with Gasteiger partial charge in [0.1, 0.15) is 5.56 Å². The molecule has 3 heterocycles. The van der Waals surface area contributed by atoms with Crippen LogP contribution in [0.1, 0.15) is 16.8 Å². The van der Waals surface area contributed by atoms with Gasteiger partial charge in [0.15, 0.2) is 0 Å². The Balaban J connectivity index is 1.61. The van der Waals surface area contributed by atoms with Gasteiger partial charge in [-0.1, -0.05) is 35.4 Å². The SMILES string of the molecule is COc1nnc(-c2cc3c([nH]c2=O)CCN(Cc2ccccc2)C3)o1. The smallest absolute Gasteiger partial charge is 0.414 e. The summed E-state index contributed by atoms with van der Waals surface area (Å²) in [4.78, 5) is 17.6. The quantitative estimate of drug-likeness (QED) is 0.783. The summed E-state index contributed by atoms with van der Waals surface area (Å²) < 4.78 is 10.2. The van der Waals surface area contributed by atoms with Crippen LogP contribution in [0.4, 0.5) is 0 Å². The highest BCUT2D eigenvalue weighted by atomic mass is 16.6. The zero-order valence-electron chi connectivity index (χ0n) is 13.9. The number of nitrogens with one attached hydrogen (secondary N) is 1. The Hall–Kier alpha value is -2.93. The number of hydrogen-bond donors (Lipinski definition) is 1. The average molecular weight is 338 g/mol. The zero-order chi connectivity index (χ0) is 17.2. The molecule has 1 aliphatic rings. The predicted molar refractivity (Wildman–Crippen MR) is 91.2 cm³/mol. The lowest BCUT2D eigenvalue weighted by Gasteiger charge is -2.28. The summed E-state index contributed by atoms with van der Waals surface area (Å²) in [5.74, 6) is 0.168. The normalized spacial score (nSPS) is 14.3. The summed E-state index contributed by atoms with van der Waals surface area (Å²) >= 11 is 0. The summed E-state index contributed by atoms with van der Waals surface area (Å²) in [5.41, 5.74) is 3.48. The highest BCUT2D eigenvalue weighted by Crippen LogP contribution is 2.23. The van der Waals surface area contributed by atoms with E-state index in [0.717, 1.165) is 37.3 Å². The fraction of sp³-hybridized carbons (Fsp3) is 0.278. The first kappa shape index (κ1) is 15.6. The van der Waals surface area contributed by atoms with Crippen LogP contribution in [0.2, 0.25) is 0 Å². The van der Waals surface area contributed by atoms with Gasteiger partial charge in [-0.15, -0.1) is 5.10 Å². The third-order valence-electron chi connectivity index (χ3n) is 4.35. The molecule has 0 saturated heterocycles. The lowest BCUT2D eigenvalue weighted by Crippen LogP contribution is -2.32. The number of hydrogen-bond acceptors (Lipinski definition) is 6. The minimum atomic E-state index is -0.221. The average Bonchev–Trinajstić information content (AvgIpc) is 3.11. The lowest BCUT2D eigenvalue weighted by molar-refractivity contribution is 0.243. The molecule has 0 aliphatic carbocycles. The summed E-state index contributed by atoms with van der Waals surface area (Å²) in [6.45, 7) is 2.55. The molecular weight excluding hydrogens is 320 g/mol. The molecule has 7 heteroatoms. The zero-order valence-corrected chi connectivity index (χ0v) is 13.9. The van der Waals surface area contributed by atoms with Crippen molar-refractivity contribution in [3.8, 4) is 17.5 Å². The highest BCUT2D eigenvalue weighted by molar-refractivity contribution is 5.53. The van der Waals surface area contributed by atoms with Gasteiger partial charge in [-0.05, 0) is 17.2 Å². The fourth-order valence-corrected chi connectivity index (χ4v) is 3.10. The molecule has 0 amide bonds. The molecule has 2 aromatic heterocycles. The van der Waals surface area contributed by atoms with Crippen LogP contribution >= 0.6 is 0 Å². The summed E-state index contributed by atoms with van der Waals surface area (Å²) in [6.07, 6.45) is 0.850. The standard InChI is InChI=1S/C18H18N4O3/c1-24-18-21-20-17(25-18)14-9-13-11-22(8-7-15(13)19-16(14)23)10-12-5-3-2-4-6-12/h2-6,9H,7-8,10-11H2,1H3,(H,19,23). The Labute approximate surface area is 144 Å². The second-order valence-corrected chi connectivity index (χ2v) is 6.04. The maximum Gasteiger partial charge on any atom is 0.414 e. The van der Waals surface area contributed by atoms with Gasteiger partial charge >= 0.3 is 6.08 Å². The molecule has 25 heavy (non-hydrogen) atoms. The van der Waals surface area contributed by atoms with Gasteiger partial charge in [0, 0.05) is 31.7 Å². The number of aromatic amines is 1. The van der Waals surface area contributed by atoms with E-state index >= 15 is 0 Å². The van der Waals surface area contributed by atoms with Gasteiger partial charge in [0.05, 0.1) is 7.11 Å². The highest BCUT2D eigenvalue weighted by Gasteiger charge is 2.21. The fourth-order valence-electron chi connectivity index (χ4n) is 3.10. The molecule has 0 bridgehead atoms. The van der Waals surface area contributed by atoms with Crippen LogP contribution in [0.5, 0.6) is 6.08 Å². The van der Waals surface area contributed by atoms with Gasteiger partial charge in [0.25, 0.3) is 11.4 Å². The van der Waals surface area contributed by atoms with E-state index in [0.29, 0.717) is 5.56 Å². The van der Waals surface area contributed by atoms with E-state index in [4.69, 9.17) is 9.15 Å². The first-order valence-electron chi connectivity index (χ1n) is 8.12. The molecule has 0 unspecified atom stereocenters. The number of methoxy groups -OCH3 is 1. The molecule has 0 spiro atoms. The van der Waals surface area contributed by atoms with Gasteiger partial charge in [-0.3, -0.25) is 9.69 Å². The Morgan fingerprint density at radius 1 is 1.28 bits per heavy atom. The molecule has 0 saturated carbocycles. The van der Waals surface area contributed by atoms with Crippen LogP contribution in [0.15, 0.2) is 45.6 Å². The van der Waals surface area contributed by atoms with E-state index in [-0.39, 0.29) is 17.5 Å². The van der Waals surface area contributed by atoms with Crippen LogP contribution in [-0.2, 0) is 19.5 Å². The topological polar surface area (TPSA) is 84.2 Å². The van der Waals surface area contributed by atoms with Crippen LogP contribution < -0.4 is 10.3 Å². The van der Waals surface area contributed by atoms with Gasteiger partial charge in [-0.2, -0.15) is 0 Å². The molecule has 0 radical (unpaired) electrons. The molecular formula is C18H18N4O3. The maximum atomic E-state index is 12.3. The summed E-state index contributed by atoms with van der Waals surface area (Å²) in [5, 5.41) is 7.61. The summed E-state index contributed by atoms with van der Waals surface area (Å²) in [6, 6.07) is 12.2. The van der Waals surface area contributed by atoms with Crippen molar-refractivity contribution in [1.29, 1.82) is 0 Å². The molecule has 1 N–H and O–H groups in total. The van der Waals surface area contributed by atoms with E-state index in [9.17, 15) is 4.79 Å². The largest absolute Gasteiger partial charge is 0.452 e. The minimum absolute atomic E-state index is 0.0397. The van der Waals surface area contributed by atoms with E-state index in [1.54, 1.807) is 0 Å². The number of ether oxygens (including phenoxy) is 1. The van der Waals surface area contributed by atoms with E-state index in [1.165, 1.54) is 12.7 Å². The van der Waals surface area contributed by atoms with E-state index in [1.807, 2.05) is 24.3 Å². The number of fused-ring (bicyclic) bond motifs is 1. The lowest BCUT2D eigenvalue weighted by atomic mass is 10.0. The molecule has 0 atom stereocenters. The second-order valence-electron chi connectivity index (χ2n) is 6.04. The van der Waals surface area contributed by atoms with Gasteiger partial charge < -0.3 is 14.1 Å². The van der Waals surface area contributed by atoms with E-state index < -0.39 is 0 Å².